The minimum atomic E-state index is 0.144. The van der Waals surface area contributed by atoms with Crippen molar-refractivity contribution in [1.82, 2.24) is 19.8 Å². The number of aromatic nitrogens is 2. The summed E-state index contributed by atoms with van der Waals surface area (Å²) in [6.07, 6.45) is 4.59. The van der Waals surface area contributed by atoms with Crippen LogP contribution < -0.4 is 11.5 Å². The first-order valence-electron chi connectivity index (χ1n) is 16.5. The topological polar surface area (TPSA) is 96.7 Å². The van der Waals surface area contributed by atoms with Gasteiger partial charge in [0.2, 0.25) is 0 Å². The first-order chi connectivity index (χ1) is 23.6. The fourth-order valence-electron chi connectivity index (χ4n) is 6.12. The molecular formula is C41H43N7. The lowest BCUT2D eigenvalue weighted by Gasteiger charge is -2.23. The molecule has 7 nitrogen and oxygen atoms in total. The minimum Gasteiger partial charge on any atom is -0.370 e. The van der Waals surface area contributed by atoms with Crippen molar-refractivity contribution in [3.63, 3.8) is 0 Å². The number of hydrogen-bond donors (Lipinski definition) is 2. The average Bonchev–Trinajstić information content (AvgIpc) is 3.12. The van der Waals surface area contributed by atoms with E-state index in [4.69, 9.17) is 11.5 Å². The van der Waals surface area contributed by atoms with Crippen molar-refractivity contribution >= 4 is 16.7 Å². The number of fused-ring (bicyclic) bond motifs is 1. The third kappa shape index (κ3) is 9.35. The maximum Gasteiger partial charge on any atom is 0.185 e. The predicted molar refractivity (Wildman–Crippen MR) is 197 cm³/mol. The number of rotatable bonds is 15. The lowest BCUT2D eigenvalue weighted by atomic mass is 10.0. The molecule has 0 saturated carbocycles. The molecule has 0 bridgehead atoms. The summed E-state index contributed by atoms with van der Waals surface area (Å²) in [5.41, 5.74) is 19.5. The molecule has 0 aliphatic rings. The standard InChI is InChI=1S/C41H43N7/c42-41(43)46-25-8-26-47(29-37-11-7-10-36-9-1-2-14-40(36)37)27-32-15-19-34(20-16-32)35-21-17-33(18-22-35)28-48(30-38-12-3-5-23-44-38)31-39-13-4-6-24-45-39/h1-7,9-24H,8,25-31H2,(H4,42,43,46). The molecule has 0 radical (unpaired) electrons. The summed E-state index contributed by atoms with van der Waals surface area (Å²) in [5, 5.41) is 2.56. The molecule has 6 aromatic rings. The summed E-state index contributed by atoms with van der Waals surface area (Å²) in [6.45, 7) is 5.52. The summed E-state index contributed by atoms with van der Waals surface area (Å²) >= 11 is 0. The van der Waals surface area contributed by atoms with E-state index in [2.05, 4.69) is 128 Å². The molecule has 0 amide bonds. The lowest BCUT2D eigenvalue weighted by Crippen LogP contribution is -2.26. The highest BCUT2D eigenvalue weighted by atomic mass is 15.1. The SMILES string of the molecule is NC(N)=NCCCN(Cc1ccc(-c2ccc(CN(Cc3ccccn3)Cc3ccccn3)cc2)cc1)Cc1cccc2ccccc12. The van der Waals surface area contributed by atoms with Gasteiger partial charge in [-0.1, -0.05) is 103 Å². The van der Waals surface area contributed by atoms with E-state index in [1.165, 1.54) is 38.6 Å². The zero-order chi connectivity index (χ0) is 33.0. The Hall–Kier alpha value is -5.37. The van der Waals surface area contributed by atoms with E-state index in [1.807, 2.05) is 36.7 Å². The molecule has 242 valence electrons. The van der Waals surface area contributed by atoms with Crippen molar-refractivity contribution < 1.29 is 0 Å². The molecule has 7 heteroatoms. The van der Waals surface area contributed by atoms with Crippen molar-refractivity contribution in [2.24, 2.45) is 16.5 Å². The summed E-state index contributed by atoms with van der Waals surface area (Å²) in [7, 11) is 0. The van der Waals surface area contributed by atoms with Gasteiger partial charge in [0, 0.05) is 58.2 Å². The van der Waals surface area contributed by atoms with E-state index in [9.17, 15) is 0 Å². The van der Waals surface area contributed by atoms with E-state index < -0.39 is 0 Å². The Labute approximate surface area is 283 Å². The van der Waals surface area contributed by atoms with Crippen LogP contribution in [0.4, 0.5) is 0 Å². The second kappa shape index (κ2) is 16.5. The molecule has 0 aliphatic carbocycles. The summed E-state index contributed by atoms with van der Waals surface area (Å²) in [5.74, 6) is 0.144. The van der Waals surface area contributed by atoms with Crippen molar-refractivity contribution in [3.05, 3.63) is 168 Å². The monoisotopic (exact) mass is 633 g/mol. The van der Waals surface area contributed by atoms with Crippen LogP contribution in [0.2, 0.25) is 0 Å². The van der Waals surface area contributed by atoms with Gasteiger partial charge in [-0.3, -0.25) is 24.8 Å². The van der Waals surface area contributed by atoms with Crippen LogP contribution in [-0.2, 0) is 32.7 Å². The third-order valence-corrected chi connectivity index (χ3v) is 8.48. The number of benzene rings is 4. The molecule has 4 N–H and O–H groups in total. The fourth-order valence-corrected chi connectivity index (χ4v) is 6.12. The highest BCUT2D eigenvalue weighted by molar-refractivity contribution is 5.85. The number of hydrogen-bond acceptors (Lipinski definition) is 5. The van der Waals surface area contributed by atoms with Gasteiger partial charge in [0.1, 0.15) is 0 Å². The average molecular weight is 634 g/mol. The zero-order valence-corrected chi connectivity index (χ0v) is 27.3. The summed E-state index contributed by atoms with van der Waals surface area (Å²) in [4.78, 5) is 18.2. The lowest BCUT2D eigenvalue weighted by molar-refractivity contribution is 0.242. The van der Waals surface area contributed by atoms with E-state index in [1.54, 1.807) is 0 Å². The smallest absolute Gasteiger partial charge is 0.185 e. The highest BCUT2D eigenvalue weighted by Gasteiger charge is 2.12. The first kappa shape index (κ1) is 32.6. The van der Waals surface area contributed by atoms with Crippen LogP contribution in [-0.4, -0.2) is 38.8 Å². The Morgan fingerprint density at radius 3 is 1.69 bits per heavy atom. The van der Waals surface area contributed by atoms with Crippen molar-refractivity contribution in [2.75, 3.05) is 13.1 Å². The Morgan fingerprint density at radius 2 is 1.10 bits per heavy atom. The van der Waals surface area contributed by atoms with Gasteiger partial charge in [0.15, 0.2) is 5.96 Å². The summed E-state index contributed by atoms with van der Waals surface area (Å²) < 4.78 is 0. The Morgan fingerprint density at radius 1 is 0.542 bits per heavy atom. The van der Waals surface area contributed by atoms with Crippen molar-refractivity contribution in [3.8, 4) is 11.1 Å². The molecule has 0 aliphatic heterocycles. The largest absolute Gasteiger partial charge is 0.370 e. The van der Waals surface area contributed by atoms with Crippen molar-refractivity contribution in [2.45, 2.75) is 39.1 Å². The molecule has 2 aromatic heterocycles. The number of aliphatic imine (C=N–C) groups is 1. The predicted octanol–water partition coefficient (Wildman–Crippen LogP) is 7.16. The van der Waals surface area contributed by atoms with Gasteiger partial charge in [-0.2, -0.15) is 0 Å². The maximum atomic E-state index is 5.57. The van der Waals surface area contributed by atoms with E-state index in [0.29, 0.717) is 6.54 Å². The van der Waals surface area contributed by atoms with E-state index >= 15 is 0 Å². The molecule has 0 spiro atoms. The van der Waals surface area contributed by atoms with Gasteiger partial charge >= 0.3 is 0 Å². The van der Waals surface area contributed by atoms with Crippen LogP contribution in [0, 0.1) is 0 Å². The quantitative estimate of drug-likeness (QED) is 0.0708. The zero-order valence-electron chi connectivity index (χ0n) is 27.3. The van der Waals surface area contributed by atoms with Crippen LogP contribution in [0.5, 0.6) is 0 Å². The fraction of sp³-hybridized carbons (Fsp3) is 0.195. The van der Waals surface area contributed by atoms with Gasteiger partial charge in [-0.05, 0) is 69.3 Å². The van der Waals surface area contributed by atoms with Gasteiger partial charge in [-0.25, -0.2) is 0 Å². The number of guanidine groups is 1. The van der Waals surface area contributed by atoms with Gasteiger partial charge < -0.3 is 11.5 Å². The third-order valence-electron chi connectivity index (χ3n) is 8.48. The van der Waals surface area contributed by atoms with E-state index in [0.717, 1.165) is 57.1 Å². The normalized spacial score (nSPS) is 11.3. The highest BCUT2D eigenvalue weighted by Crippen LogP contribution is 2.24. The molecular weight excluding hydrogens is 591 g/mol. The minimum absolute atomic E-state index is 0.144. The van der Waals surface area contributed by atoms with Crippen LogP contribution >= 0.6 is 0 Å². The number of nitrogens with two attached hydrogens (primary N) is 2. The van der Waals surface area contributed by atoms with Crippen LogP contribution in [0.3, 0.4) is 0 Å². The molecule has 48 heavy (non-hydrogen) atoms. The van der Waals surface area contributed by atoms with Crippen LogP contribution in [0.15, 0.2) is 145 Å². The molecule has 0 unspecified atom stereocenters. The number of pyridine rings is 2. The van der Waals surface area contributed by atoms with Gasteiger partial charge in [0.05, 0.1) is 11.4 Å². The molecule has 2 heterocycles. The Balaban J connectivity index is 1.12. The molecule has 4 aromatic carbocycles. The molecule has 0 atom stereocenters. The van der Waals surface area contributed by atoms with Gasteiger partial charge in [-0.15, -0.1) is 0 Å². The molecule has 0 fully saturated rings. The summed E-state index contributed by atoms with van der Waals surface area (Å²) in [6, 6.07) is 45.2. The van der Waals surface area contributed by atoms with Gasteiger partial charge in [0.25, 0.3) is 0 Å². The second-order valence-corrected chi connectivity index (χ2v) is 12.2. The second-order valence-electron chi connectivity index (χ2n) is 12.2. The first-order valence-corrected chi connectivity index (χ1v) is 16.5. The van der Waals surface area contributed by atoms with Crippen LogP contribution in [0.1, 0.15) is 34.5 Å². The van der Waals surface area contributed by atoms with E-state index in [-0.39, 0.29) is 5.96 Å². The number of nitrogens with zero attached hydrogens (tertiary/aromatic N) is 5. The van der Waals surface area contributed by atoms with Crippen molar-refractivity contribution in [1.29, 1.82) is 0 Å². The van der Waals surface area contributed by atoms with Crippen LogP contribution in [0.25, 0.3) is 21.9 Å². The maximum absolute atomic E-state index is 5.57. The Kier molecular flexibility index (Phi) is 11.2. The molecule has 6 rings (SSSR count). The Bertz CT molecular complexity index is 1840. The molecule has 0 saturated heterocycles.